The first-order chi connectivity index (χ1) is 10.6. The number of carbonyl (C=O) groups excluding carboxylic acids is 1. The minimum atomic E-state index is -0.933. The van der Waals surface area contributed by atoms with Gasteiger partial charge in [0, 0.05) is 25.6 Å². The van der Waals surface area contributed by atoms with E-state index in [1.165, 1.54) is 12.1 Å². The lowest BCUT2D eigenvalue weighted by Gasteiger charge is -2.20. The third kappa shape index (κ3) is 2.83. The quantitative estimate of drug-likeness (QED) is 0.921. The maximum atomic E-state index is 13.0. The maximum absolute atomic E-state index is 13.0. The fraction of sp³-hybridized carbons (Fsp3) is 0.500. The number of hydrogen-bond donors (Lipinski definition) is 1. The Bertz CT molecular complexity index is 568. The van der Waals surface area contributed by atoms with Gasteiger partial charge >= 0.3 is 5.97 Å². The van der Waals surface area contributed by atoms with Crippen LogP contribution in [0.25, 0.3) is 0 Å². The van der Waals surface area contributed by atoms with Crippen LogP contribution in [0.15, 0.2) is 24.3 Å². The SMILES string of the molecule is O=C(O)[C@H]1CN(C(=O)C2CCCO2)C[C@@H]1c1ccc(F)cc1. The van der Waals surface area contributed by atoms with Gasteiger partial charge in [-0.25, -0.2) is 4.39 Å². The average molecular weight is 307 g/mol. The Hall–Kier alpha value is -1.95. The second-order valence-electron chi connectivity index (χ2n) is 5.85. The second kappa shape index (κ2) is 6.04. The third-order valence-corrected chi connectivity index (χ3v) is 4.45. The monoisotopic (exact) mass is 307 g/mol. The molecule has 1 unspecified atom stereocenters. The molecule has 0 radical (unpaired) electrons. The molecule has 2 aliphatic heterocycles. The van der Waals surface area contributed by atoms with E-state index in [0.29, 0.717) is 19.6 Å². The van der Waals surface area contributed by atoms with E-state index >= 15 is 0 Å². The summed E-state index contributed by atoms with van der Waals surface area (Å²) in [5.41, 5.74) is 0.747. The number of carboxylic acid groups (broad SMARTS) is 1. The number of benzene rings is 1. The highest BCUT2D eigenvalue weighted by atomic mass is 19.1. The minimum absolute atomic E-state index is 0.131. The van der Waals surface area contributed by atoms with Gasteiger partial charge < -0.3 is 14.7 Å². The number of halogens is 1. The van der Waals surface area contributed by atoms with E-state index in [0.717, 1.165) is 12.0 Å². The summed E-state index contributed by atoms with van der Waals surface area (Å²) in [6, 6.07) is 5.82. The summed E-state index contributed by atoms with van der Waals surface area (Å²) in [5.74, 6) is -2.41. The van der Waals surface area contributed by atoms with Gasteiger partial charge in [0.1, 0.15) is 11.9 Å². The summed E-state index contributed by atoms with van der Waals surface area (Å²) >= 11 is 0. The summed E-state index contributed by atoms with van der Waals surface area (Å²) < 4.78 is 18.4. The van der Waals surface area contributed by atoms with Crippen LogP contribution in [-0.2, 0) is 14.3 Å². The van der Waals surface area contributed by atoms with E-state index in [1.807, 2.05) is 0 Å². The normalized spacial score (nSPS) is 28.0. The van der Waals surface area contributed by atoms with E-state index in [2.05, 4.69) is 0 Å². The molecule has 5 nitrogen and oxygen atoms in total. The van der Waals surface area contributed by atoms with Gasteiger partial charge in [0.2, 0.25) is 0 Å². The molecule has 3 rings (SSSR count). The number of rotatable bonds is 3. The van der Waals surface area contributed by atoms with Gasteiger partial charge in [-0.3, -0.25) is 9.59 Å². The Morgan fingerprint density at radius 2 is 1.95 bits per heavy atom. The molecule has 0 aliphatic carbocycles. The molecule has 6 heteroatoms. The van der Waals surface area contributed by atoms with Crippen LogP contribution in [0, 0.1) is 11.7 Å². The Labute approximate surface area is 127 Å². The molecule has 118 valence electrons. The summed E-state index contributed by atoms with van der Waals surface area (Å²) in [6.07, 6.45) is 1.10. The number of nitrogens with zero attached hydrogens (tertiary/aromatic N) is 1. The standard InChI is InChI=1S/C16H18FNO4/c17-11-5-3-10(4-6-11)12-8-18(9-13(12)16(20)21)15(19)14-2-1-7-22-14/h3-6,12-14H,1-2,7-9H2,(H,20,21)/t12-,13+,14?/m1/s1. The number of hydrogen-bond acceptors (Lipinski definition) is 3. The molecule has 2 heterocycles. The van der Waals surface area contributed by atoms with Crippen LogP contribution < -0.4 is 0 Å². The van der Waals surface area contributed by atoms with E-state index in [-0.39, 0.29) is 24.2 Å². The number of aliphatic carboxylic acids is 1. The number of amides is 1. The molecule has 1 aromatic carbocycles. The van der Waals surface area contributed by atoms with Crippen molar-refractivity contribution in [2.75, 3.05) is 19.7 Å². The maximum Gasteiger partial charge on any atom is 0.308 e. The smallest absolute Gasteiger partial charge is 0.308 e. The first-order valence-electron chi connectivity index (χ1n) is 7.45. The zero-order valence-electron chi connectivity index (χ0n) is 12.1. The minimum Gasteiger partial charge on any atom is -0.481 e. The van der Waals surface area contributed by atoms with Gasteiger partial charge in [-0.05, 0) is 30.5 Å². The Morgan fingerprint density at radius 3 is 2.55 bits per heavy atom. The lowest BCUT2D eigenvalue weighted by Crippen LogP contribution is -2.37. The molecule has 1 aromatic rings. The molecule has 0 spiro atoms. The van der Waals surface area contributed by atoms with Crippen LogP contribution in [0.3, 0.4) is 0 Å². The molecular weight excluding hydrogens is 289 g/mol. The highest BCUT2D eigenvalue weighted by molar-refractivity contribution is 5.83. The topological polar surface area (TPSA) is 66.8 Å². The number of carbonyl (C=O) groups is 2. The van der Waals surface area contributed by atoms with Crippen LogP contribution in [0.5, 0.6) is 0 Å². The van der Waals surface area contributed by atoms with E-state index in [4.69, 9.17) is 4.74 Å². The highest BCUT2D eigenvalue weighted by Crippen LogP contribution is 2.34. The van der Waals surface area contributed by atoms with Crippen LogP contribution >= 0.6 is 0 Å². The van der Waals surface area contributed by atoms with Crippen LogP contribution in [0.4, 0.5) is 4.39 Å². The lowest BCUT2D eigenvalue weighted by molar-refractivity contribution is -0.143. The van der Waals surface area contributed by atoms with Crippen molar-refractivity contribution >= 4 is 11.9 Å². The highest BCUT2D eigenvalue weighted by Gasteiger charge is 2.42. The molecule has 3 atom stereocenters. The van der Waals surface area contributed by atoms with Crippen molar-refractivity contribution in [1.82, 2.24) is 4.90 Å². The fourth-order valence-electron chi connectivity index (χ4n) is 3.26. The molecule has 2 saturated heterocycles. The number of carboxylic acids is 1. The van der Waals surface area contributed by atoms with Gasteiger partial charge in [0.25, 0.3) is 5.91 Å². The largest absolute Gasteiger partial charge is 0.481 e. The van der Waals surface area contributed by atoms with E-state index in [1.54, 1.807) is 17.0 Å². The van der Waals surface area contributed by atoms with Crippen molar-refractivity contribution in [3.63, 3.8) is 0 Å². The van der Waals surface area contributed by atoms with Crippen LogP contribution in [0.2, 0.25) is 0 Å². The molecule has 2 aliphatic rings. The Morgan fingerprint density at radius 1 is 1.23 bits per heavy atom. The third-order valence-electron chi connectivity index (χ3n) is 4.45. The molecule has 0 saturated carbocycles. The lowest BCUT2D eigenvalue weighted by atomic mass is 9.89. The zero-order chi connectivity index (χ0) is 15.7. The summed E-state index contributed by atoms with van der Waals surface area (Å²) in [5, 5.41) is 9.42. The number of likely N-dealkylation sites (tertiary alicyclic amines) is 1. The van der Waals surface area contributed by atoms with Gasteiger partial charge in [0.05, 0.1) is 5.92 Å². The molecule has 0 aromatic heterocycles. The first-order valence-corrected chi connectivity index (χ1v) is 7.45. The Balaban J connectivity index is 1.78. The number of ether oxygens (including phenoxy) is 1. The second-order valence-corrected chi connectivity index (χ2v) is 5.85. The summed E-state index contributed by atoms with van der Waals surface area (Å²) in [4.78, 5) is 25.5. The molecule has 22 heavy (non-hydrogen) atoms. The molecule has 1 N–H and O–H groups in total. The molecule has 2 fully saturated rings. The van der Waals surface area contributed by atoms with E-state index in [9.17, 15) is 19.1 Å². The molecular formula is C16H18FNO4. The van der Waals surface area contributed by atoms with Gasteiger partial charge in [0.15, 0.2) is 0 Å². The van der Waals surface area contributed by atoms with Crippen LogP contribution in [0.1, 0.15) is 24.3 Å². The predicted octanol–water partition coefficient (Wildman–Crippen LogP) is 1.63. The van der Waals surface area contributed by atoms with E-state index < -0.39 is 18.0 Å². The van der Waals surface area contributed by atoms with Gasteiger partial charge in [-0.15, -0.1) is 0 Å². The van der Waals surface area contributed by atoms with Crippen molar-refractivity contribution in [3.8, 4) is 0 Å². The van der Waals surface area contributed by atoms with Crippen LogP contribution in [-0.4, -0.2) is 47.7 Å². The average Bonchev–Trinajstić information content (AvgIpc) is 3.17. The van der Waals surface area contributed by atoms with Gasteiger partial charge in [-0.1, -0.05) is 12.1 Å². The predicted molar refractivity (Wildman–Crippen MR) is 75.8 cm³/mol. The summed E-state index contributed by atoms with van der Waals surface area (Å²) in [7, 11) is 0. The van der Waals surface area contributed by atoms with Crippen molar-refractivity contribution in [2.45, 2.75) is 24.9 Å². The van der Waals surface area contributed by atoms with Crippen molar-refractivity contribution in [3.05, 3.63) is 35.6 Å². The fourth-order valence-corrected chi connectivity index (χ4v) is 3.26. The van der Waals surface area contributed by atoms with Crippen molar-refractivity contribution in [1.29, 1.82) is 0 Å². The first kappa shape index (κ1) is 15.0. The van der Waals surface area contributed by atoms with Crippen molar-refractivity contribution < 1.29 is 23.8 Å². The van der Waals surface area contributed by atoms with Gasteiger partial charge in [-0.2, -0.15) is 0 Å². The van der Waals surface area contributed by atoms with Crippen molar-refractivity contribution in [2.24, 2.45) is 5.92 Å². The Kier molecular flexibility index (Phi) is 4.11. The zero-order valence-corrected chi connectivity index (χ0v) is 12.1. The molecule has 1 amide bonds. The molecule has 0 bridgehead atoms. The summed E-state index contributed by atoms with van der Waals surface area (Å²) in [6.45, 7) is 1.09.